The third-order valence-electron chi connectivity index (χ3n) is 2.85. The zero-order valence-corrected chi connectivity index (χ0v) is 12.2. The van der Waals surface area contributed by atoms with E-state index in [1.54, 1.807) is 0 Å². The van der Waals surface area contributed by atoms with E-state index < -0.39 is 0 Å². The number of halogens is 1. The Morgan fingerprint density at radius 1 is 1.10 bits per heavy atom. The van der Waals surface area contributed by atoms with E-state index in [0.717, 1.165) is 15.6 Å². The lowest BCUT2D eigenvalue weighted by atomic mass is 10.1. The minimum Gasteiger partial charge on any atom is -0.399 e. The van der Waals surface area contributed by atoms with E-state index in [4.69, 9.17) is 10.3 Å². The number of nitrogens with two attached hydrogens (primary N) is 1. The molecule has 0 saturated heterocycles. The number of anilines is 1. The van der Waals surface area contributed by atoms with Crippen molar-refractivity contribution in [3.63, 3.8) is 0 Å². The fourth-order valence-corrected chi connectivity index (χ4v) is 2.39. The van der Waals surface area contributed by atoms with Crippen LogP contribution in [0.1, 0.15) is 11.4 Å². The summed E-state index contributed by atoms with van der Waals surface area (Å²) in [7, 11) is 0. The highest BCUT2D eigenvalue weighted by atomic mass is 79.9. The van der Waals surface area contributed by atoms with Gasteiger partial charge in [-0.3, -0.25) is 0 Å². The van der Waals surface area contributed by atoms with E-state index in [1.807, 2.05) is 48.5 Å². The number of aromatic nitrogens is 2. The van der Waals surface area contributed by atoms with Crippen molar-refractivity contribution in [3.8, 4) is 11.5 Å². The number of benzene rings is 2. The van der Waals surface area contributed by atoms with Gasteiger partial charge in [-0.1, -0.05) is 39.3 Å². The molecule has 3 aromatic rings. The van der Waals surface area contributed by atoms with Crippen LogP contribution in [0.25, 0.3) is 11.5 Å². The fourth-order valence-electron chi connectivity index (χ4n) is 1.94. The Balaban J connectivity index is 1.84. The second-order valence-corrected chi connectivity index (χ2v) is 5.36. The first-order valence-corrected chi connectivity index (χ1v) is 6.93. The standard InChI is InChI=1S/C15H12BrN3O/c16-12-5-1-3-10(7-12)8-14-18-15(20-19-14)11-4-2-6-13(17)9-11/h1-7,9H,8,17H2. The van der Waals surface area contributed by atoms with Gasteiger partial charge in [0.25, 0.3) is 5.89 Å². The Morgan fingerprint density at radius 2 is 1.95 bits per heavy atom. The highest BCUT2D eigenvalue weighted by Gasteiger charge is 2.09. The molecule has 0 saturated carbocycles. The molecule has 0 fully saturated rings. The Morgan fingerprint density at radius 3 is 2.75 bits per heavy atom. The fraction of sp³-hybridized carbons (Fsp3) is 0.0667. The number of nitrogen functional groups attached to an aromatic ring is 1. The predicted octanol–water partition coefficient (Wildman–Crippen LogP) is 3.67. The first kappa shape index (κ1) is 12.9. The van der Waals surface area contributed by atoms with Gasteiger partial charge in [-0.25, -0.2) is 0 Å². The van der Waals surface area contributed by atoms with Crippen LogP contribution in [0.2, 0.25) is 0 Å². The Labute approximate surface area is 124 Å². The van der Waals surface area contributed by atoms with Crippen LogP contribution in [-0.4, -0.2) is 10.1 Å². The van der Waals surface area contributed by atoms with E-state index in [2.05, 4.69) is 26.1 Å². The summed E-state index contributed by atoms with van der Waals surface area (Å²) < 4.78 is 6.32. The molecule has 0 unspecified atom stereocenters. The summed E-state index contributed by atoms with van der Waals surface area (Å²) in [6, 6.07) is 15.4. The molecule has 2 aromatic carbocycles. The Bertz CT molecular complexity index is 739. The van der Waals surface area contributed by atoms with Crippen molar-refractivity contribution in [2.45, 2.75) is 6.42 Å². The van der Waals surface area contributed by atoms with E-state index in [0.29, 0.717) is 23.8 Å². The monoisotopic (exact) mass is 329 g/mol. The van der Waals surface area contributed by atoms with Gasteiger partial charge >= 0.3 is 0 Å². The maximum Gasteiger partial charge on any atom is 0.258 e. The average Bonchev–Trinajstić information content (AvgIpc) is 2.87. The van der Waals surface area contributed by atoms with Crippen molar-refractivity contribution in [1.29, 1.82) is 0 Å². The molecule has 2 N–H and O–H groups in total. The highest BCUT2D eigenvalue weighted by molar-refractivity contribution is 9.10. The Kier molecular flexibility index (Phi) is 3.52. The van der Waals surface area contributed by atoms with Crippen LogP contribution in [0, 0.1) is 0 Å². The zero-order chi connectivity index (χ0) is 13.9. The van der Waals surface area contributed by atoms with Crippen molar-refractivity contribution in [2.75, 3.05) is 5.73 Å². The van der Waals surface area contributed by atoms with Crippen LogP contribution in [-0.2, 0) is 6.42 Å². The van der Waals surface area contributed by atoms with Crippen molar-refractivity contribution < 1.29 is 4.52 Å². The third-order valence-corrected chi connectivity index (χ3v) is 3.35. The number of hydrogen-bond donors (Lipinski definition) is 1. The van der Waals surface area contributed by atoms with Gasteiger partial charge in [0, 0.05) is 22.1 Å². The Hall–Kier alpha value is -2.14. The van der Waals surface area contributed by atoms with Crippen LogP contribution < -0.4 is 5.73 Å². The molecule has 0 spiro atoms. The maximum atomic E-state index is 5.75. The number of hydrogen-bond acceptors (Lipinski definition) is 4. The van der Waals surface area contributed by atoms with E-state index in [-0.39, 0.29) is 0 Å². The van der Waals surface area contributed by atoms with Crippen LogP contribution in [0.3, 0.4) is 0 Å². The van der Waals surface area contributed by atoms with E-state index in [1.165, 1.54) is 0 Å². The van der Waals surface area contributed by atoms with Crippen LogP contribution in [0.15, 0.2) is 57.5 Å². The lowest BCUT2D eigenvalue weighted by Gasteiger charge is -1.97. The van der Waals surface area contributed by atoms with Gasteiger partial charge in [-0.15, -0.1) is 0 Å². The van der Waals surface area contributed by atoms with Gasteiger partial charge < -0.3 is 10.3 Å². The largest absolute Gasteiger partial charge is 0.399 e. The van der Waals surface area contributed by atoms with Crippen LogP contribution >= 0.6 is 15.9 Å². The van der Waals surface area contributed by atoms with Crippen molar-refractivity contribution in [2.24, 2.45) is 0 Å². The second-order valence-electron chi connectivity index (χ2n) is 4.45. The molecule has 0 amide bonds. The minimum absolute atomic E-state index is 0.488. The first-order valence-electron chi connectivity index (χ1n) is 6.14. The molecule has 0 bridgehead atoms. The first-order chi connectivity index (χ1) is 9.70. The molecule has 3 rings (SSSR count). The molecule has 0 aliphatic carbocycles. The second kappa shape index (κ2) is 5.46. The molecular formula is C15H12BrN3O. The van der Waals surface area contributed by atoms with Gasteiger partial charge in [0.15, 0.2) is 5.82 Å². The summed E-state index contributed by atoms with van der Waals surface area (Å²) >= 11 is 3.45. The summed E-state index contributed by atoms with van der Waals surface area (Å²) in [5.74, 6) is 1.14. The molecule has 1 aromatic heterocycles. The quantitative estimate of drug-likeness (QED) is 0.744. The summed E-state index contributed by atoms with van der Waals surface area (Å²) in [6.07, 6.45) is 0.630. The lowest BCUT2D eigenvalue weighted by molar-refractivity contribution is 0.424. The minimum atomic E-state index is 0.488. The molecule has 0 radical (unpaired) electrons. The van der Waals surface area contributed by atoms with E-state index >= 15 is 0 Å². The molecule has 4 nitrogen and oxygen atoms in total. The van der Waals surface area contributed by atoms with Crippen molar-refractivity contribution >= 4 is 21.6 Å². The number of rotatable bonds is 3. The molecule has 1 heterocycles. The van der Waals surface area contributed by atoms with Gasteiger partial charge in [0.2, 0.25) is 0 Å². The predicted molar refractivity (Wildman–Crippen MR) is 81.1 cm³/mol. The van der Waals surface area contributed by atoms with Crippen LogP contribution in [0.4, 0.5) is 5.69 Å². The van der Waals surface area contributed by atoms with Crippen molar-refractivity contribution in [1.82, 2.24) is 10.1 Å². The molecule has 20 heavy (non-hydrogen) atoms. The van der Waals surface area contributed by atoms with Gasteiger partial charge in [-0.05, 0) is 35.9 Å². The topological polar surface area (TPSA) is 64.9 Å². The summed E-state index contributed by atoms with van der Waals surface area (Å²) in [5.41, 5.74) is 8.38. The van der Waals surface area contributed by atoms with Gasteiger partial charge in [-0.2, -0.15) is 4.98 Å². The molecule has 0 atom stereocenters. The maximum absolute atomic E-state index is 5.75. The smallest absolute Gasteiger partial charge is 0.258 e. The molecular weight excluding hydrogens is 318 g/mol. The summed E-state index contributed by atoms with van der Waals surface area (Å²) in [5, 5.41) is 4.00. The van der Waals surface area contributed by atoms with Gasteiger partial charge in [0.05, 0.1) is 0 Å². The summed E-state index contributed by atoms with van der Waals surface area (Å²) in [6.45, 7) is 0. The molecule has 100 valence electrons. The molecule has 0 aliphatic rings. The lowest BCUT2D eigenvalue weighted by Crippen LogP contribution is -1.91. The van der Waals surface area contributed by atoms with Crippen LogP contribution in [0.5, 0.6) is 0 Å². The molecule has 5 heteroatoms. The normalized spacial score (nSPS) is 10.7. The highest BCUT2D eigenvalue weighted by Crippen LogP contribution is 2.20. The summed E-state index contributed by atoms with van der Waals surface area (Å²) in [4.78, 5) is 4.40. The average molecular weight is 330 g/mol. The zero-order valence-electron chi connectivity index (χ0n) is 10.6. The molecule has 0 aliphatic heterocycles. The van der Waals surface area contributed by atoms with Crippen molar-refractivity contribution in [3.05, 3.63) is 64.4 Å². The SMILES string of the molecule is Nc1cccc(-c2nc(Cc3cccc(Br)c3)no2)c1. The van der Waals surface area contributed by atoms with Gasteiger partial charge in [0.1, 0.15) is 0 Å². The third kappa shape index (κ3) is 2.88. The number of nitrogens with zero attached hydrogens (tertiary/aromatic N) is 2. The van der Waals surface area contributed by atoms with E-state index in [9.17, 15) is 0 Å².